The van der Waals surface area contributed by atoms with E-state index in [1.165, 1.54) is 0 Å². The Kier molecular flexibility index (Phi) is 3.76. The van der Waals surface area contributed by atoms with Crippen LogP contribution in [0, 0.1) is 5.92 Å². The molecule has 2 nitrogen and oxygen atoms in total. The minimum Gasteiger partial charge on any atom is -0.370 e. The van der Waals surface area contributed by atoms with Gasteiger partial charge < -0.3 is 10.1 Å². The van der Waals surface area contributed by atoms with Crippen LogP contribution in [0.2, 0.25) is 0 Å². The van der Waals surface area contributed by atoms with Gasteiger partial charge in [0.15, 0.2) is 0 Å². The van der Waals surface area contributed by atoms with Crippen LogP contribution in [0.5, 0.6) is 0 Å². The van der Waals surface area contributed by atoms with E-state index in [-0.39, 0.29) is 16.7 Å². The van der Waals surface area contributed by atoms with E-state index >= 15 is 0 Å². The largest absolute Gasteiger partial charge is 0.370 e. The fourth-order valence-electron chi connectivity index (χ4n) is 2.89. The van der Waals surface area contributed by atoms with Crippen molar-refractivity contribution in [1.82, 2.24) is 5.32 Å². The number of nitrogens with one attached hydrogen (secondary N) is 1. The highest BCUT2D eigenvalue weighted by Crippen LogP contribution is 2.38. The second kappa shape index (κ2) is 4.30. The lowest BCUT2D eigenvalue weighted by atomic mass is 9.80. The summed E-state index contributed by atoms with van der Waals surface area (Å²) in [4.78, 5) is 0. The van der Waals surface area contributed by atoms with E-state index in [1.54, 1.807) is 0 Å². The number of rotatable bonds is 2. The first kappa shape index (κ1) is 14.0. The molecular formula is C14H29NO. The van der Waals surface area contributed by atoms with Gasteiger partial charge in [-0.1, -0.05) is 0 Å². The number of hydrogen-bond donors (Lipinski definition) is 1. The second-order valence-corrected chi connectivity index (χ2v) is 7.53. The Bertz CT molecular complexity index is 222. The third kappa shape index (κ3) is 4.84. The molecule has 96 valence electrons. The summed E-state index contributed by atoms with van der Waals surface area (Å²) < 4.78 is 6.10. The lowest BCUT2D eigenvalue weighted by Gasteiger charge is -2.46. The van der Waals surface area contributed by atoms with E-state index in [2.05, 4.69) is 53.8 Å². The summed E-state index contributed by atoms with van der Waals surface area (Å²) in [5, 5.41) is 3.61. The van der Waals surface area contributed by atoms with E-state index < -0.39 is 0 Å². The highest BCUT2D eigenvalue weighted by atomic mass is 16.5. The van der Waals surface area contributed by atoms with E-state index in [0.717, 1.165) is 25.3 Å². The van der Waals surface area contributed by atoms with Crippen molar-refractivity contribution in [3.63, 3.8) is 0 Å². The van der Waals surface area contributed by atoms with E-state index in [9.17, 15) is 0 Å². The predicted octanol–water partition coefficient (Wildman–Crippen LogP) is 3.36. The van der Waals surface area contributed by atoms with Crippen molar-refractivity contribution in [1.29, 1.82) is 0 Å². The van der Waals surface area contributed by atoms with E-state index in [0.29, 0.717) is 0 Å². The summed E-state index contributed by atoms with van der Waals surface area (Å²) in [5.74, 6) is 0.720. The third-order valence-electron chi connectivity index (χ3n) is 3.03. The standard InChI is InChI=1S/C14H29NO/c1-12(2,3)15-10-11-8-13(4,5)16-14(6,7)9-11/h11,15H,8-10H2,1-7H3. The van der Waals surface area contributed by atoms with Crippen molar-refractivity contribution in [3.8, 4) is 0 Å². The van der Waals surface area contributed by atoms with Gasteiger partial charge in [0.05, 0.1) is 11.2 Å². The molecule has 0 saturated carbocycles. The predicted molar refractivity (Wildman–Crippen MR) is 69.7 cm³/mol. The maximum absolute atomic E-state index is 6.10. The molecule has 0 unspecified atom stereocenters. The van der Waals surface area contributed by atoms with Gasteiger partial charge in [-0.15, -0.1) is 0 Å². The zero-order valence-corrected chi connectivity index (χ0v) is 12.1. The van der Waals surface area contributed by atoms with E-state index in [4.69, 9.17) is 4.74 Å². The first-order chi connectivity index (χ1) is 6.99. The van der Waals surface area contributed by atoms with Crippen molar-refractivity contribution < 1.29 is 4.74 Å². The van der Waals surface area contributed by atoms with Crippen molar-refractivity contribution in [2.75, 3.05) is 6.54 Å². The van der Waals surface area contributed by atoms with Crippen molar-refractivity contribution in [3.05, 3.63) is 0 Å². The maximum Gasteiger partial charge on any atom is 0.0636 e. The molecule has 1 fully saturated rings. The second-order valence-electron chi connectivity index (χ2n) is 7.53. The summed E-state index contributed by atoms with van der Waals surface area (Å²) in [5.41, 5.74) is 0.255. The Hall–Kier alpha value is -0.0800. The van der Waals surface area contributed by atoms with Gasteiger partial charge in [-0.05, 0) is 73.8 Å². The molecule has 0 aromatic carbocycles. The van der Waals surface area contributed by atoms with Crippen LogP contribution >= 0.6 is 0 Å². The van der Waals surface area contributed by atoms with Crippen LogP contribution in [-0.4, -0.2) is 23.3 Å². The zero-order valence-electron chi connectivity index (χ0n) is 12.1. The molecule has 2 heteroatoms. The molecule has 1 N–H and O–H groups in total. The first-order valence-electron chi connectivity index (χ1n) is 6.44. The fraction of sp³-hybridized carbons (Fsp3) is 1.00. The fourth-order valence-corrected chi connectivity index (χ4v) is 2.89. The van der Waals surface area contributed by atoms with Crippen LogP contribution in [0.1, 0.15) is 61.3 Å². The van der Waals surface area contributed by atoms with Crippen LogP contribution in [0.25, 0.3) is 0 Å². The Labute approximate surface area is 101 Å². The van der Waals surface area contributed by atoms with Crippen LogP contribution in [0.4, 0.5) is 0 Å². The molecule has 0 bridgehead atoms. The molecular weight excluding hydrogens is 198 g/mol. The van der Waals surface area contributed by atoms with Gasteiger partial charge in [-0.25, -0.2) is 0 Å². The van der Waals surface area contributed by atoms with Crippen molar-refractivity contribution >= 4 is 0 Å². The Morgan fingerprint density at radius 1 is 1.06 bits per heavy atom. The molecule has 1 saturated heterocycles. The molecule has 0 spiro atoms. The zero-order chi connectivity index (χ0) is 12.6. The average Bonchev–Trinajstić information content (AvgIpc) is 1.93. The number of hydrogen-bond acceptors (Lipinski definition) is 2. The van der Waals surface area contributed by atoms with Crippen LogP contribution in [-0.2, 0) is 4.74 Å². The summed E-state index contributed by atoms with van der Waals surface area (Å²) in [6.45, 7) is 16.6. The van der Waals surface area contributed by atoms with Gasteiger partial charge in [0.2, 0.25) is 0 Å². The molecule has 16 heavy (non-hydrogen) atoms. The highest BCUT2D eigenvalue weighted by Gasteiger charge is 2.39. The third-order valence-corrected chi connectivity index (χ3v) is 3.03. The minimum atomic E-state index is 0.0198. The van der Waals surface area contributed by atoms with Gasteiger partial charge in [0, 0.05) is 5.54 Å². The van der Waals surface area contributed by atoms with Gasteiger partial charge in [-0.2, -0.15) is 0 Å². The lowest BCUT2D eigenvalue weighted by Crippen LogP contribution is -2.49. The van der Waals surface area contributed by atoms with Gasteiger partial charge in [-0.3, -0.25) is 0 Å². The number of ether oxygens (including phenoxy) is 1. The molecule has 0 aromatic rings. The first-order valence-corrected chi connectivity index (χ1v) is 6.44. The minimum absolute atomic E-state index is 0.0198. The van der Waals surface area contributed by atoms with Gasteiger partial charge >= 0.3 is 0 Å². The highest BCUT2D eigenvalue weighted by molar-refractivity contribution is 4.90. The Morgan fingerprint density at radius 2 is 1.50 bits per heavy atom. The summed E-state index contributed by atoms with van der Waals surface area (Å²) in [7, 11) is 0. The van der Waals surface area contributed by atoms with Gasteiger partial charge in [0.1, 0.15) is 0 Å². The molecule has 1 rings (SSSR count). The van der Waals surface area contributed by atoms with Gasteiger partial charge in [0.25, 0.3) is 0 Å². The smallest absolute Gasteiger partial charge is 0.0636 e. The summed E-state index contributed by atoms with van der Waals surface area (Å²) in [6, 6.07) is 0. The quantitative estimate of drug-likeness (QED) is 0.781. The normalized spacial score (nSPS) is 25.7. The monoisotopic (exact) mass is 227 g/mol. The Balaban J connectivity index is 2.55. The molecule has 0 amide bonds. The average molecular weight is 227 g/mol. The SMILES string of the molecule is CC(C)(C)NCC1CC(C)(C)OC(C)(C)C1. The molecule has 1 heterocycles. The molecule has 0 aromatic heterocycles. The van der Waals surface area contributed by atoms with Crippen LogP contribution in [0.3, 0.4) is 0 Å². The Morgan fingerprint density at radius 3 is 1.88 bits per heavy atom. The molecule has 0 radical (unpaired) electrons. The molecule has 0 atom stereocenters. The maximum atomic E-state index is 6.10. The van der Waals surface area contributed by atoms with Crippen molar-refractivity contribution in [2.24, 2.45) is 5.92 Å². The topological polar surface area (TPSA) is 21.3 Å². The molecule has 0 aliphatic carbocycles. The van der Waals surface area contributed by atoms with E-state index in [1.807, 2.05) is 0 Å². The summed E-state index contributed by atoms with van der Waals surface area (Å²) in [6.07, 6.45) is 2.30. The van der Waals surface area contributed by atoms with Crippen LogP contribution in [0.15, 0.2) is 0 Å². The summed E-state index contributed by atoms with van der Waals surface area (Å²) >= 11 is 0. The van der Waals surface area contributed by atoms with Crippen LogP contribution < -0.4 is 5.32 Å². The molecule has 1 aliphatic rings. The van der Waals surface area contributed by atoms with Crippen molar-refractivity contribution in [2.45, 2.75) is 78.0 Å². The molecule has 1 aliphatic heterocycles. The lowest BCUT2D eigenvalue weighted by molar-refractivity contribution is -0.172.